The number of aromatic nitrogens is 1. The zero-order valence-electron chi connectivity index (χ0n) is 13.1. The summed E-state index contributed by atoms with van der Waals surface area (Å²) in [5.74, 6) is -0.192. The summed E-state index contributed by atoms with van der Waals surface area (Å²) in [6.07, 6.45) is 0. The van der Waals surface area contributed by atoms with Crippen LogP contribution in [0.2, 0.25) is 5.02 Å². The molecule has 0 saturated carbocycles. The molecule has 1 unspecified atom stereocenters. The SMILES string of the molecule is Cc1noc(C)c1S(=O)(=O)N1CCNC(=O)C1c1cccc(Cl)c1. The van der Waals surface area contributed by atoms with E-state index >= 15 is 0 Å². The molecule has 1 aromatic heterocycles. The van der Waals surface area contributed by atoms with Crippen molar-refractivity contribution in [2.24, 2.45) is 0 Å². The summed E-state index contributed by atoms with van der Waals surface area (Å²) < 4.78 is 32.4. The van der Waals surface area contributed by atoms with Crippen LogP contribution >= 0.6 is 11.6 Å². The molecule has 1 aliphatic rings. The molecule has 0 radical (unpaired) electrons. The molecule has 3 rings (SSSR count). The Labute approximate surface area is 144 Å². The minimum Gasteiger partial charge on any atom is -0.360 e. The number of halogens is 1. The van der Waals surface area contributed by atoms with Gasteiger partial charge in [0, 0.05) is 18.1 Å². The molecule has 1 atom stereocenters. The van der Waals surface area contributed by atoms with Crippen molar-refractivity contribution in [3.63, 3.8) is 0 Å². The Bertz CT molecular complexity index is 874. The van der Waals surface area contributed by atoms with E-state index < -0.39 is 16.1 Å². The smallest absolute Gasteiger partial charge is 0.249 e. The summed E-state index contributed by atoms with van der Waals surface area (Å²) >= 11 is 6.00. The van der Waals surface area contributed by atoms with Crippen LogP contribution in [0.4, 0.5) is 0 Å². The van der Waals surface area contributed by atoms with E-state index in [9.17, 15) is 13.2 Å². The lowest BCUT2D eigenvalue weighted by molar-refractivity contribution is -0.126. The predicted molar refractivity (Wildman–Crippen MR) is 87.1 cm³/mol. The molecule has 1 amide bonds. The minimum atomic E-state index is -3.95. The number of nitrogens with zero attached hydrogens (tertiary/aromatic N) is 2. The van der Waals surface area contributed by atoms with Crippen molar-refractivity contribution in [3.05, 3.63) is 46.3 Å². The van der Waals surface area contributed by atoms with Crippen LogP contribution < -0.4 is 5.32 Å². The molecule has 1 fully saturated rings. The average Bonchev–Trinajstić information content (AvgIpc) is 2.86. The van der Waals surface area contributed by atoms with Gasteiger partial charge < -0.3 is 9.84 Å². The fourth-order valence-electron chi connectivity index (χ4n) is 2.86. The van der Waals surface area contributed by atoms with Crippen molar-refractivity contribution in [2.75, 3.05) is 13.1 Å². The molecule has 7 nitrogen and oxygen atoms in total. The molecule has 24 heavy (non-hydrogen) atoms. The van der Waals surface area contributed by atoms with Gasteiger partial charge >= 0.3 is 0 Å². The maximum absolute atomic E-state index is 13.1. The van der Waals surface area contributed by atoms with Crippen LogP contribution in [0.5, 0.6) is 0 Å². The third-order valence-corrected chi connectivity index (χ3v) is 6.21. The van der Waals surface area contributed by atoms with Crippen LogP contribution in [0.15, 0.2) is 33.7 Å². The van der Waals surface area contributed by atoms with Crippen LogP contribution in [0.1, 0.15) is 23.1 Å². The molecule has 1 aliphatic heterocycles. The number of carbonyl (C=O) groups is 1. The zero-order valence-corrected chi connectivity index (χ0v) is 14.7. The van der Waals surface area contributed by atoms with Crippen LogP contribution in [0.25, 0.3) is 0 Å². The molecule has 1 aromatic carbocycles. The van der Waals surface area contributed by atoms with Gasteiger partial charge in [-0.1, -0.05) is 28.9 Å². The van der Waals surface area contributed by atoms with Gasteiger partial charge in [0.15, 0.2) is 5.76 Å². The lowest BCUT2D eigenvalue weighted by Crippen LogP contribution is -2.52. The molecule has 1 N–H and O–H groups in total. The molecular weight excluding hydrogens is 354 g/mol. The van der Waals surface area contributed by atoms with Crippen molar-refractivity contribution in [1.82, 2.24) is 14.8 Å². The van der Waals surface area contributed by atoms with Gasteiger partial charge in [-0.25, -0.2) is 8.42 Å². The van der Waals surface area contributed by atoms with E-state index in [2.05, 4.69) is 10.5 Å². The molecule has 0 bridgehead atoms. The van der Waals surface area contributed by atoms with Gasteiger partial charge in [0.05, 0.1) is 0 Å². The summed E-state index contributed by atoms with van der Waals surface area (Å²) in [5.41, 5.74) is 0.776. The number of piperazine rings is 1. The third-order valence-electron chi connectivity index (χ3n) is 3.87. The third kappa shape index (κ3) is 2.81. The van der Waals surface area contributed by atoms with Crippen molar-refractivity contribution < 1.29 is 17.7 Å². The number of amides is 1. The number of carbonyl (C=O) groups excluding carboxylic acids is 1. The minimum absolute atomic E-state index is 0.00391. The largest absolute Gasteiger partial charge is 0.360 e. The van der Waals surface area contributed by atoms with Crippen LogP contribution in [-0.2, 0) is 14.8 Å². The van der Waals surface area contributed by atoms with Gasteiger partial charge in [-0.05, 0) is 31.5 Å². The maximum atomic E-state index is 13.1. The number of sulfonamides is 1. The zero-order chi connectivity index (χ0) is 17.5. The summed E-state index contributed by atoms with van der Waals surface area (Å²) in [5, 5.41) is 6.84. The molecule has 9 heteroatoms. The second-order valence-corrected chi connectivity index (χ2v) is 7.78. The number of hydrogen-bond acceptors (Lipinski definition) is 5. The second-order valence-electron chi connectivity index (χ2n) is 5.52. The number of hydrogen-bond donors (Lipinski definition) is 1. The molecule has 0 aliphatic carbocycles. The highest BCUT2D eigenvalue weighted by Crippen LogP contribution is 2.33. The van der Waals surface area contributed by atoms with E-state index in [0.717, 1.165) is 0 Å². The topological polar surface area (TPSA) is 92.5 Å². The van der Waals surface area contributed by atoms with Crippen molar-refractivity contribution in [2.45, 2.75) is 24.8 Å². The number of rotatable bonds is 3. The lowest BCUT2D eigenvalue weighted by Gasteiger charge is -2.34. The van der Waals surface area contributed by atoms with Crippen molar-refractivity contribution >= 4 is 27.5 Å². The van der Waals surface area contributed by atoms with Crippen molar-refractivity contribution in [1.29, 1.82) is 0 Å². The summed E-state index contributed by atoms with van der Waals surface area (Å²) in [6.45, 7) is 3.47. The van der Waals surface area contributed by atoms with Crippen LogP contribution in [0.3, 0.4) is 0 Å². The molecule has 2 heterocycles. The number of aryl methyl sites for hydroxylation is 2. The van der Waals surface area contributed by atoms with Crippen molar-refractivity contribution in [3.8, 4) is 0 Å². The Balaban J connectivity index is 2.12. The molecule has 1 saturated heterocycles. The highest BCUT2D eigenvalue weighted by Gasteiger charge is 2.41. The van der Waals surface area contributed by atoms with Gasteiger partial charge in [-0.3, -0.25) is 4.79 Å². The molecule has 128 valence electrons. The Morgan fingerprint density at radius 1 is 1.38 bits per heavy atom. The Kier molecular flexibility index (Phi) is 4.37. The monoisotopic (exact) mass is 369 g/mol. The Hall–Kier alpha value is -1.90. The fourth-order valence-corrected chi connectivity index (χ4v) is 4.93. The van der Waals surface area contributed by atoms with Crippen LogP contribution in [0, 0.1) is 13.8 Å². The average molecular weight is 370 g/mol. The van der Waals surface area contributed by atoms with Gasteiger partial charge in [-0.15, -0.1) is 0 Å². The van der Waals surface area contributed by atoms with E-state index in [-0.39, 0.29) is 35.3 Å². The van der Waals surface area contributed by atoms with Gasteiger partial charge in [0.2, 0.25) is 15.9 Å². The highest BCUT2D eigenvalue weighted by molar-refractivity contribution is 7.89. The Morgan fingerprint density at radius 3 is 2.75 bits per heavy atom. The lowest BCUT2D eigenvalue weighted by atomic mass is 10.0. The number of nitrogens with one attached hydrogen (secondary N) is 1. The van der Waals surface area contributed by atoms with E-state index in [0.29, 0.717) is 10.6 Å². The predicted octanol–water partition coefficient (Wildman–Crippen LogP) is 1.81. The highest BCUT2D eigenvalue weighted by atomic mass is 35.5. The Morgan fingerprint density at radius 2 is 2.12 bits per heavy atom. The number of benzene rings is 1. The van der Waals surface area contributed by atoms with E-state index in [1.807, 2.05) is 0 Å². The first-order valence-corrected chi connectivity index (χ1v) is 9.12. The molecular formula is C15H16ClN3O4S. The van der Waals surface area contributed by atoms with Crippen LogP contribution in [-0.4, -0.2) is 36.9 Å². The van der Waals surface area contributed by atoms with Gasteiger partial charge in [0.1, 0.15) is 16.6 Å². The summed E-state index contributed by atoms with van der Waals surface area (Å²) in [6, 6.07) is 5.62. The molecule has 0 spiro atoms. The van der Waals surface area contributed by atoms with E-state index in [4.69, 9.17) is 16.1 Å². The first-order chi connectivity index (χ1) is 11.3. The van der Waals surface area contributed by atoms with E-state index in [1.165, 1.54) is 11.2 Å². The summed E-state index contributed by atoms with van der Waals surface area (Å²) in [7, 11) is -3.95. The molecule has 2 aromatic rings. The quantitative estimate of drug-likeness (QED) is 0.890. The normalized spacial score (nSPS) is 19.3. The summed E-state index contributed by atoms with van der Waals surface area (Å²) in [4.78, 5) is 12.4. The fraction of sp³-hybridized carbons (Fsp3) is 0.333. The van der Waals surface area contributed by atoms with Gasteiger partial charge in [-0.2, -0.15) is 4.31 Å². The standard InChI is InChI=1S/C15H16ClN3O4S/c1-9-14(10(2)23-18-9)24(21,22)19-7-6-17-15(20)13(19)11-4-3-5-12(16)8-11/h3-5,8,13H,6-7H2,1-2H3,(H,17,20). The second kappa shape index (κ2) is 6.19. The van der Waals surface area contributed by atoms with E-state index in [1.54, 1.807) is 31.2 Å². The first kappa shape index (κ1) is 16.9. The maximum Gasteiger partial charge on any atom is 0.249 e. The van der Waals surface area contributed by atoms with Gasteiger partial charge in [0.25, 0.3) is 0 Å². The first-order valence-electron chi connectivity index (χ1n) is 7.30.